The number of carbonyl (C=O) groups is 1. The van der Waals surface area contributed by atoms with Gasteiger partial charge in [-0.3, -0.25) is 4.79 Å². The van der Waals surface area contributed by atoms with E-state index in [1.165, 1.54) is 12.1 Å². The second kappa shape index (κ2) is 5.75. The summed E-state index contributed by atoms with van der Waals surface area (Å²) in [5.74, 6) is -0.378. The van der Waals surface area contributed by atoms with E-state index in [-0.39, 0.29) is 22.8 Å². The summed E-state index contributed by atoms with van der Waals surface area (Å²) in [5.41, 5.74) is 7.98. The van der Waals surface area contributed by atoms with Crippen molar-refractivity contribution in [1.82, 2.24) is 0 Å². The van der Waals surface area contributed by atoms with Crippen molar-refractivity contribution in [2.45, 2.75) is 44.0 Å². The molecule has 0 bridgehead atoms. The molecule has 5 N–H and O–H groups in total. The van der Waals surface area contributed by atoms with Gasteiger partial charge >= 0.3 is 0 Å². The van der Waals surface area contributed by atoms with Crippen molar-refractivity contribution < 1.29 is 13.2 Å². The highest BCUT2D eigenvalue weighted by Crippen LogP contribution is 2.28. The Morgan fingerprint density at radius 2 is 1.95 bits per heavy atom. The van der Waals surface area contributed by atoms with Gasteiger partial charge in [0.15, 0.2) is 0 Å². The average molecular weight is 311 g/mol. The maximum Gasteiger partial charge on any atom is 0.238 e. The van der Waals surface area contributed by atoms with Crippen molar-refractivity contribution in [1.29, 1.82) is 0 Å². The molecule has 1 aromatic carbocycles. The Morgan fingerprint density at radius 1 is 1.29 bits per heavy atom. The van der Waals surface area contributed by atoms with Crippen LogP contribution >= 0.6 is 0 Å². The van der Waals surface area contributed by atoms with E-state index in [0.29, 0.717) is 5.69 Å². The molecular formula is C14H21N3O3S. The standard InChI is InChI=1S/C14H21N3O3S/c1-8-6-10(21(16,19)20)7-13(9(8)2)17-14(18)11-4-3-5-12(11)15/h6-7,11-12H,3-5,15H2,1-2H3,(H,17,18)(H2,16,19,20). The topological polar surface area (TPSA) is 115 Å². The fourth-order valence-corrected chi connectivity index (χ4v) is 3.28. The molecule has 21 heavy (non-hydrogen) atoms. The van der Waals surface area contributed by atoms with Crippen LogP contribution in [0.5, 0.6) is 0 Å². The van der Waals surface area contributed by atoms with Crippen molar-refractivity contribution in [3.63, 3.8) is 0 Å². The lowest BCUT2D eigenvalue weighted by molar-refractivity contribution is -0.120. The summed E-state index contributed by atoms with van der Waals surface area (Å²) in [5, 5.41) is 7.96. The number of nitrogens with one attached hydrogen (secondary N) is 1. The van der Waals surface area contributed by atoms with E-state index in [4.69, 9.17) is 10.9 Å². The van der Waals surface area contributed by atoms with E-state index in [9.17, 15) is 13.2 Å². The van der Waals surface area contributed by atoms with Crippen molar-refractivity contribution in [2.24, 2.45) is 16.8 Å². The highest BCUT2D eigenvalue weighted by Gasteiger charge is 2.30. The zero-order valence-electron chi connectivity index (χ0n) is 12.2. The van der Waals surface area contributed by atoms with Crippen LogP contribution < -0.4 is 16.2 Å². The van der Waals surface area contributed by atoms with Gasteiger partial charge in [-0.25, -0.2) is 13.6 Å². The molecule has 1 fully saturated rings. The lowest BCUT2D eigenvalue weighted by Gasteiger charge is -2.17. The average Bonchev–Trinajstić information content (AvgIpc) is 2.79. The molecule has 7 heteroatoms. The van der Waals surface area contributed by atoms with Crippen LogP contribution in [0.1, 0.15) is 30.4 Å². The van der Waals surface area contributed by atoms with Crippen molar-refractivity contribution >= 4 is 21.6 Å². The minimum Gasteiger partial charge on any atom is -0.327 e. The predicted octanol–water partition coefficient (Wildman–Crippen LogP) is 1.02. The minimum absolute atomic E-state index is 0.00313. The van der Waals surface area contributed by atoms with Crippen LogP contribution in [0, 0.1) is 19.8 Å². The van der Waals surface area contributed by atoms with Crippen LogP contribution in [0.25, 0.3) is 0 Å². The molecule has 0 heterocycles. The van der Waals surface area contributed by atoms with Gasteiger partial charge in [-0.2, -0.15) is 0 Å². The second-order valence-electron chi connectivity index (χ2n) is 5.65. The number of amides is 1. The highest BCUT2D eigenvalue weighted by atomic mass is 32.2. The lowest BCUT2D eigenvalue weighted by Crippen LogP contribution is -2.34. The van der Waals surface area contributed by atoms with E-state index in [1.807, 2.05) is 6.92 Å². The zero-order valence-corrected chi connectivity index (χ0v) is 13.0. The minimum atomic E-state index is -3.81. The summed E-state index contributed by atoms with van der Waals surface area (Å²) in [4.78, 5) is 12.3. The Bertz CT molecular complexity index is 670. The quantitative estimate of drug-likeness (QED) is 0.772. The first kappa shape index (κ1) is 15.9. The molecule has 0 saturated heterocycles. The van der Waals surface area contributed by atoms with Crippen LogP contribution in [-0.4, -0.2) is 20.4 Å². The van der Waals surface area contributed by atoms with Gasteiger partial charge in [0, 0.05) is 11.7 Å². The van der Waals surface area contributed by atoms with E-state index in [2.05, 4.69) is 5.32 Å². The molecule has 1 amide bonds. The second-order valence-corrected chi connectivity index (χ2v) is 7.21. The number of hydrogen-bond acceptors (Lipinski definition) is 4. The van der Waals surface area contributed by atoms with Gasteiger partial charge in [-0.05, 0) is 49.9 Å². The van der Waals surface area contributed by atoms with E-state index >= 15 is 0 Å². The first-order valence-electron chi connectivity index (χ1n) is 6.90. The molecule has 1 saturated carbocycles. The molecular weight excluding hydrogens is 290 g/mol. The SMILES string of the molecule is Cc1cc(S(N)(=O)=O)cc(NC(=O)C2CCCC2N)c1C. The lowest BCUT2D eigenvalue weighted by atomic mass is 10.0. The third-order valence-corrected chi connectivity index (χ3v) is 5.03. The van der Waals surface area contributed by atoms with E-state index in [1.54, 1.807) is 6.92 Å². The summed E-state index contributed by atoms with van der Waals surface area (Å²) in [7, 11) is -3.81. The molecule has 0 aromatic heterocycles. The number of hydrogen-bond donors (Lipinski definition) is 3. The van der Waals surface area contributed by atoms with Gasteiger partial charge in [0.2, 0.25) is 15.9 Å². The first-order chi connectivity index (χ1) is 9.70. The molecule has 116 valence electrons. The Balaban J connectivity index is 2.31. The summed E-state index contributed by atoms with van der Waals surface area (Å²) in [6.07, 6.45) is 2.54. The van der Waals surface area contributed by atoms with Crippen molar-refractivity contribution in [3.05, 3.63) is 23.3 Å². The predicted molar refractivity (Wildman–Crippen MR) is 81.2 cm³/mol. The largest absolute Gasteiger partial charge is 0.327 e. The number of aryl methyl sites for hydroxylation is 1. The molecule has 2 atom stereocenters. The number of carbonyl (C=O) groups excluding carboxylic acids is 1. The van der Waals surface area contributed by atoms with Gasteiger partial charge in [-0.1, -0.05) is 6.42 Å². The molecule has 1 aliphatic rings. The molecule has 0 spiro atoms. The van der Waals surface area contributed by atoms with Gasteiger partial charge in [0.1, 0.15) is 0 Å². The van der Waals surface area contributed by atoms with Crippen LogP contribution in [0.3, 0.4) is 0 Å². The van der Waals surface area contributed by atoms with Crippen LogP contribution in [0.2, 0.25) is 0 Å². The van der Waals surface area contributed by atoms with Crippen molar-refractivity contribution in [2.75, 3.05) is 5.32 Å². The van der Waals surface area contributed by atoms with E-state index < -0.39 is 10.0 Å². The summed E-state index contributed by atoms with van der Waals surface area (Å²) in [6, 6.07) is 2.77. The molecule has 1 aromatic rings. The fourth-order valence-electron chi connectivity index (χ4n) is 2.66. The zero-order chi connectivity index (χ0) is 15.8. The van der Waals surface area contributed by atoms with Gasteiger partial charge < -0.3 is 11.1 Å². The Labute approximate surface area is 124 Å². The van der Waals surface area contributed by atoms with Crippen LogP contribution in [0.15, 0.2) is 17.0 Å². The number of sulfonamides is 1. The number of rotatable bonds is 3. The molecule has 2 rings (SSSR count). The number of nitrogens with two attached hydrogens (primary N) is 2. The molecule has 0 aliphatic heterocycles. The Kier molecular flexibility index (Phi) is 4.36. The first-order valence-corrected chi connectivity index (χ1v) is 8.45. The summed E-state index contributed by atoms with van der Waals surface area (Å²) >= 11 is 0. The smallest absolute Gasteiger partial charge is 0.238 e. The number of anilines is 1. The summed E-state index contributed by atoms with van der Waals surface area (Å²) < 4.78 is 23.0. The van der Waals surface area contributed by atoms with Gasteiger partial charge in [-0.15, -0.1) is 0 Å². The molecule has 0 radical (unpaired) electrons. The maximum absolute atomic E-state index is 12.3. The Morgan fingerprint density at radius 3 is 2.48 bits per heavy atom. The summed E-state index contributed by atoms with van der Waals surface area (Å²) in [6.45, 7) is 3.60. The van der Waals surface area contributed by atoms with Crippen LogP contribution in [0.4, 0.5) is 5.69 Å². The fraction of sp³-hybridized carbons (Fsp3) is 0.500. The highest BCUT2D eigenvalue weighted by molar-refractivity contribution is 7.89. The third kappa shape index (κ3) is 3.42. The molecule has 2 unspecified atom stereocenters. The van der Waals surface area contributed by atoms with Gasteiger partial charge in [0.25, 0.3) is 0 Å². The van der Waals surface area contributed by atoms with E-state index in [0.717, 1.165) is 30.4 Å². The molecule has 6 nitrogen and oxygen atoms in total. The number of primary sulfonamides is 1. The van der Waals surface area contributed by atoms with Gasteiger partial charge in [0.05, 0.1) is 10.8 Å². The number of benzene rings is 1. The molecule has 1 aliphatic carbocycles. The monoisotopic (exact) mass is 311 g/mol. The van der Waals surface area contributed by atoms with Crippen molar-refractivity contribution in [3.8, 4) is 0 Å². The van der Waals surface area contributed by atoms with Crippen LogP contribution in [-0.2, 0) is 14.8 Å². The Hall–Kier alpha value is -1.44. The maximum atomic E-state index is 12.3. The normalized spacial score (nSPS) is 22.3. The third-order valence-electron chi connectivity index (χ3n) is 4.13.